The van der Waals surface area contributed by atoms with Gasteiger partial charge in [0.2, 0.25) is 11.8 Å². The molecule has 4 rings (SSSR count). The molecule has 2 fully saturated rings. The molecule has 0 aromatic carbocycles. The number of carbonyl (C=O) groups is 3. The molecule has 2 aliphatic carbocycles. The standard InChI is InChI=1S/C18H23N3O3S/c1-10(22)21-8-2-3-13-14(16(24)19-9-11-4-5-11)17(25-18(13)21)20-15(23)12-6-7-12/h11-12H,2-9H2,1H3,(H,19,24)(H,20,23). The highest BCUT2D eigenvalue weighted by atomic mass is 32.1. The van der Waals surface area contributed by atoms with Crippen molar-refractivity contribution in [1.29, 1.82) is 0 Å². The number of hydrogen-bond donors (Lipinski definition) is 2. The van der Waals surface area contributed by atoms with E-state index in [1.807, 2.05) is 0 Å². The number of rotatable bonds is 5. The number of anilines is 2. The molecule has 0 spiro atoms. The molecule has 25 heavy (non-hydrogen) atoms. The van der Waals surface area contributed by atoms with Gasteiger partial charge in [-0.2, -0.15) is 0 Å². The van der Waals surface area contributed by atoms with Gasteiger partial charge in [-0.1, -0.05) is 11.3 Å². The van der Waals surface area contributed by atoms with Gasteiger partial charge < -0.3 is 15.5 Å². The molecule has 3 aliphatic rings. The summed E-state index contributed by atoms with van der Waals surface area (Å²) in [5, 5.41) is 7.39. The van der Waals surface area contributed by atoms with Crippen molar-refractivity contribution in [2.24, 2.45) is 11.8 Å². The molecular formula is C18H23N3O3S. The number of amides is 3. The van der Waals surface area contributed by atoms with E-state index in [0.29, 0.717) is 29.6 Å². The smallest absolute Gasteiger partial charge is 0.254 e. The van der Waals surface area contributed by atoms with E-state index in [9.17, 15) is 14.4 Å². The quantitative estimate of drug-likeness (QED) is 0.846. The fraction of sp³-hybridized carbons (Fsp3) is 0.611. The van der Waals surface area contributed by atoms with E-state index >= 15 is 0 Å². The first-order valence-corrected chi connectivity index (χ1v) is 9.89. The van der Waals surface area contributed by atoms with Gasteiger partial charge in [-0.05, 0) is 44.4 Å². The zero-order valence-corrected chi connectivity index (χ0v) is 15.2. The van der Waals surface area contributed by atoms with Gasteiger partial charge in [-0.15, -0.1) is 0 Å². The van der Waals surface area contributed by atoms with Crippen molar-refractivity contribution < 1.29 is 14.4 Å². The molecule has 0 radical (unpaired) electrons. The highest BCUT2D eigenvalue weighted by molar-refractivity contribution is 7.21. The minimum absolute atomic E-state index is 0.00999. The summed E-state index contributed by atoms with van der Waals surface area (Å²) >= 11 is 1.36. The number of thiophene rings is 1. The maximum Gasteiger partial charge on any atom is 0.254 e. The average Bonchev–Trinajstić information content (AvgIpc) is 3.48. The summed E-state index contributed by atoms with van der Waals surface area (Å²) in [7, 11) is 0. The summed E-state index contributed by atoms with van der Waals surface area (Å²) in [5.74, 6) is 0.513. The van der Waals surface area contributed by atoms with Gasteiger partial charge in [-0.25, -0.2) is 0 Å². The lowest BCUT2D eigenvalue weighted by atomic mass is 10.0. The minimum atomic E-state index is -0.124. The van der Waals surface area contributed by atoms with E-state index in [4.69, 9.17) is 0 Å². The van der Waals surface area contributed by atoms with Crippen LogP contribution in [0.25, 0.3) is 0 Å². The lowest BCUT2D eigenvalue weighted by molar-refractivity contribution is -0.117. The monoisotopic (exact) mass is 361 g/mol. The summed E-state index contributed by atoms with van der Waals surface area (Å²) in [6.45, 7) is 2.90. The normalized spacial score (nSPS) is 19.3. The van der Waals surface area contributed by atoms with Crippen LogP contribution in [-0.2, 0) is 16.0 Å². The highest BCUT2D eigenvalue weighted by Gasteiger charge is 2.35. The second-order valence-electron chi connectivity index (χ2n) is 7.28. The average molecular weight is 361 g/mol. The van der Waals surface area contributed by atoms with Crippen molar-refractivity contribution in [3.05, 3.63) is 11.1 Å². The lowest BCUT2D eigenvalue weighted by Gasteiger charge is -2.25. The molecule has 3 amide bonds. The van der Waals surface area contributed by atoms with E-state index in [1.54, 1.807) is 11.8 Å². The summed E-state index contributed by atoms with van der Waals surface area (Å²) in [6, 6.07) is 0. The molecule has 0 saturated heterocycles. The highest BCUT2D eigenvalue weighted by Crippen LogP contribution is 2.44. The summed E-state index contributed by atoms with van der Waals surface area (Å²) in [5.41, 5.74) is 1.48. The van der Waals surface area contributed by atoms with E-state index in [-0.39, 0.29) is 23.6 Å². The third-order valence-electron chi connectivity index (χ3n) is 5.08. The third kappa shape index (κ3) is 3.42. The molecule has 7 heteroatoms. The van der Waals surface area contributed by atoms with Crippen molar-refractivity contribution in [1.82, 2.24) is 5.32 Å². The SMILES string of the molecule is CC(=O)N1CCCc2c1sc(NC(=O)C1CC1)c2C(=O)NCC1CC1. The number of nitrogens with one attached hydrogen (secondary N) is 2. The Morgan fingerprint density at radius 1 is 1.20 bits per heavy atom. The van der Waals surface area contributed by atoms with E-state index < -0.39 is 0 Å². The number of hydrogen-bond acceptors (Lipinski definition) is 4. The molecule has 2 heterocycles. The lowest BCUT2D eigenvalue weighted by Crippen LogP contribution is -2.33. The van der Waals surface area contributed by atoms with Crippen LogP contribution in [0.5, 0.6) is 0 Å². The van der Waals surface area contributed by atoms with Crippen molar-refractivity contribution in [2.75, 3.05) is 23.3 Å². The summed E-state index contributed by atoms with van der Waals surface area (Å²) < 4.78 is 0. The van der Waals surface area contributed by atoms with Crippen LogP contribution in [0.15, 0.2) is 0 Å². The van der Waals surface area contributed by atoms with Crippen LogP contribution in [0.2, 0.25) is 0 Å². The Bertz CT molecular complexity index is 734. The predicted octanol–water partition coefficient (Wildman–Crippen LogP) is 2.54. The van der Waals surface area contributed by atoms with Crippen LogP contribution in [-0.4, -0.2) is 30.8 Å². The van der Waals surface area contributed by atoms with Crippen molar-refractivity contribution >= 4 is 39.1 Å². The third-order valence-corrected chi connectivity index (χ3v) is 6.25. The minimum Gasteiger partial charge on any atom is -0.352 e. The molecule has 0 bridgehead atoms. The zero-order chi connectivity index (χ0) is 17.6. The van der Waals surface area contributed by atoms with Gasteiger partial charge in [0.25, 0.3) is 5.91 Å². The van der Waals surface area contributed by atoms with Crippen LogP contribution >= 0.6 is 11.3 Å². The molecule has 2 N–H and O–H groups in total. The Kier molecular flexibility index (Phi) is 4.27. The molecule has 1 aromatic rings. The maximum absolute atomic E-state index is 12.8. The molecular weight excluding hydrogens is 338 g/mol. The van der Waals surface area contributed by atoms with E-state index in [1.165, 1.54) is 24.2 Å². The van der Waals surface area contributed by atoms with E-state index in [0.717, 1.165) is 36.2 Å². The Labute approximate surface area is 151 Å². The Hall–Kier alpha value is -1.89. The molecule has 1 aliphatic heterocycles. The van der Waals surface area contributed by atoms with E-state index in [2.05, 4.69) is 10.6 Å². The predicted molar refractivity (Wildman–Crippen MR) is 97.1 cm³/mol. The first-order chi connectivity index (χ1) is 12.0. The van der Waals surface area contributed by atoms with Gasteiger partial charge >= 0.3 is 0 Å². The van der Waals surface area contributed by atoms with Crippen LogP contribution < -0.4 is 15.5 Å². The largest absolute Gasteiger partial charge is 0.352 e. The fourth-order valence-corrected chi connectivity index (χ4v) is 4.57. The van der Waals surface area contributed by atoms with Gasteiger partial charge in [0.05, 0.1) is 5.56 Å². The molecule has 0 unspecified atom stereocenters. The maximum atomic E-state index is 12.8. The summed E-state index contributed by atoms with van der Waals surface area (Å²) in [6.07, 6.45) is 5.78. The van der Waals surface area contributed by atoms with Gasteiger partial charge in [-0.3, -0.25) is 14.4 Å². The van der Waals surface area contributed by atoms with Crippen molar-refractivity contribution in [3.8, 4) is 0 Å². The second kappa shape index (κ2) is 6.44. The van der Waals surface area contributed by atoms with Crippen LogP contribution in [0.1, 0.15) is 54.9 Å². The van der Waals surface area contributed by atoms with Crippen molar-refractivity contribution in [2.45, 2.75) is 45.4 Å². The second-order valence-corrected chi connectivity index (χ2v) is 8.28. The topological polar surface area (TPSA) is 78.5 Å². The van der Waals surface area contributed by atoms with Gasteiger partial charge in [0.1, 0.15) is 10.0 Å². The molecule has 0 atom stereocenters. The number of fused-ring (bicyclic) bond motifs is 1. The first kappa shape index (κ1) is 16.6. The molecule has 6 nitrogen and oxygen atoms in total. The first-order valence-electron chi connectivity index (χ1n) is 9.07. The van der Waals surface area contributed by atoms with Crippen molar-refractivity contribution in [3.63, 3.8) is 0 Å². The Morgan fingerprint density at radius 3 is 2.60 bits per heavy atom. The van der Waals surface area contributed by atoms with Gasteiger partial charge in [0, 0.05) is 31.5 Å². The molecule has 1 aromatic heterocycles. The fourth-order valence-electron chi connectivity index (χ4n) is 3.25. The zero-order valence-electron chi connectivity index (χ0n) is 14.4. The van der Waals surface area contributed by atoms with Gasteiger partial charge in [0.15, 0.2) is 0 Å². The Morgan fingerprint density at radius 2 is 1.96 bits per heavy atom. The summed E-state index contributed by atoms with van der Waals surface area (Å²) in [4.78, 5) is 38.7. The molecule has 2 saturated carbocycles. The Balaban J connectivity index is 1.65. The van der Waals surface area contributed by atoms with Crippen LogP contribution in [0.4, 0.5) is 10.0 Å². The molecule has 134 valence electrons. The number of carbonyl (C=O) groups excluding carboxylic acids is 3. The number of nitrogens with zero attached hydrogens (tertiary/aromatic N) is 1. The van der Waals surface area contributed by atoms with Crippen LogP contribution in [0.3, 0.4) is 0 Å². The van der Waals surface area contributed by atoms with Crippen LogP contribution in [0, 0.1) is 11.8 Å².